The van der Waals surface area contributed by atoms with Gasteiger partial charge in [-0.3, -0.25) is 9.69 Å². The van der Waals surface area contributed by atoms with Gasteiger partial charge in [-0.25, -0.2) is 0 Å². The number of primary amides is 1. The van der Waals surface area contributed by atoms with Crippen molar-refractivity contribution in [3.63, 3.8) is 0 Å². The van der Waals surface area contributed by atoms with Crippen LogP contribution < -0.4 is 15.8 Å². The van der Waals surface area contributed by atoms with Crippen molar-refractivity contribution < 1.29 is 9.53 Å². The summed E-state index contributed by atoms with van der Waals surface area (Å²) in [6, 6.07) is 26.2. The maximum atomic E-state index is 13.1. The van der Waals surface area contributed by atoms with Crippen molar-refractivity contribution in [1.82, 2.24) is 10.2 Å². The molecular formula is C30H36ClN3O2. The number of nitrogens with zero attached hydrogens (tertiary/aromatic N) is 1. The molecule has 0 aromatic heterocycles. The molecule has 36 heavy (non-hydrogen) atoms. The zero-order valence-electron chi connectivity index (χ0n) is 21.3. The second-order valence-corrected chi connectivity index (χ2v) is 10.7. The number of ether oxygens (including phenoxy) is 1. The average Bonchev–Trinajstić information content (AvgIpc) is 2.85. The Morgan fingerprint density at radius 3 is 2.11 bits per heavy atom. The van der Waals surface area contributed by atoms with Gasteiger partial charge in [-0.2, -0.15) is 0 Å². The molecule has 0 unspecified atom stereocenters. The molecule has 5 nitrogen and oxygen atoms in total. The normalized spacial score (nSPS) is 14.9. The van der Waals surface area contributed by atoms with Crippen LogP contribution in [0.15, 0.2) is 78.9 Å². The molecule has 1 fully saturated rings. The minimum atomic E-state index is -0.865. The van der Waals surface area contributed by atoms with Crippen molar-refractivity contribution in [2.45, 2.75) is 50.2 Å². The number of carbonyl (C=O) groups is 1. The van der Waals surface area contributed by atoms with Crippen LogP contribution in [-0.4, -0.2) is 42.6 Å². The Labute approximate surface area is 219 Å². The third kappa shape index (κ3) is 5.44. The van der Waals surface area contributed by atoms with E-state index in [4.69, 9.17) is 22.1 Å². The molecule has 0 saturated carbocycles. The molecule has 1 heterocycles. The van der Waals surface area contributed by atoms with Gasteiger partial charge in [-0.05, 0) is 55.5 Å². The quantitative estimate of drug-likeness (QED) is 0.378. The molecule has 6 heteroatoms. The van der Waals surface area contributed by atoms with Gasteiger partial charge in [0.1, 0.15) is 5.75 Å². The highest BCUT2D eigenvalue weighted by Crippen LogP contribution is 2.40. The van der Waals surface area contributed by atoms with E-state index in [1.54, 1.807) is 7.11 Å². The van der Waals surface area contributed by atoms with E-state index in [1.807, 2.05) is 78.9 Å². The predicted octanol–water partition coefficient (Wildman–Crippen LogP) is 5.15. The number of benzene rings is 3. The van der Waals surface area contributed by atoms with E-state index in [-0.39, 0.29) is 11.4 Å². The van der Waals surface area contributed by atoms with Gasteiger partial charge in [0, 0.05) is 31.2 Å². The summed E-state index contributed by atoms with van der Waals surface area (Å²) in [5.41, 5.74) is 8.25. The van der Waals surface area contributed by atoms with Crippen molar-refractivity contribution in [3.05, 3.63) is 101 Å². The van der Waals surface area contributed by atoms with Gasteiger partial charge in [-0.15, -0.1) is 0 Å². The zero-order valence-corrected chi connectivity index (χ0v) is 22.1. The van der Waals surface area contributed by atoms with E-state index < -0.39 is 5.41 Å². The first-order chi connectivity index (χ1) is 17.3. The first-order valence-corrected chi connectivity index (χ1v) is 12.9. The lowest BCUT2D eigenvalue weighted by atomic mass is 9.69. The smallest absolute Gasteiger partial charge is 0.232 e. The van der Waals surface area contributed by atoms with Crippen LogP contribution in [0.1, 0.15) is 43.4 Å². The van der Waals surface area contributed by atoms with E-state index in [0.717, 1.165) is 42.7 Å². The fourth-order valence-corrected chi connectivity index (χ4v) is 5.33. The van der Waals surface area contributed by atoms with E-state index >= 15 is 0 Å². The number of nitrogens with one attached hydrogen (secondary N) is 1. The molecule has 0 atom stereocenters. The molecule has 0 bridgehead atoms. The van der Waals surface area contributed by atoms with Gasteiger partial charge in [0.25, 0.3) is 0 Å². The minimum absolute atomic E-state index is 0.0774. The number of halogens is 1. The standard InChI is InChI=1S/C30H36ClN3O2/c1-29(2,34-20-25(21-34)33-19-22-14-15-26(31)27(18-22)36-3)16-17-30(28(32)35,23-10-6-4-7-11-23)24-12-8-5-9-13-24/h4-15,18,25,33H,16-17,19-21H2,1-3H3,(H2,32,35). The van der Waals surface area contributed by atoms with Gasteiger partial charge in [0.15, 0.2) is 0 Å². The van der Waals surface area contributed by atoms with Crippen LogP contribution >= 0.6 is 11.6 Å². The average molecular weight is 506 g/mol. The third-order valence-electron chi connectivity index (χ3n) is 7.61. The Balaban J connectivity index is 1.41. The van der Waals surface area contributed by atoms with Crippen molar-refractivity contribution >= 4 is 17.5 Å². The highest BCUT2D eigenvalue weighted by molar-refractivity contribution is 6.32. The van der Waals surface area contributed by atoms with E-state index in [9.17, 15) is 4.79 Å². The zero-order chi connectivity index (χ0) is 25.8. The maximum Gasteiger partial charge on any atom is 0.232 e. The summed E-state index contributed by atoms with van der Waals surface area (Å²) in [6.07, 6.45) is 1.48. The molecule has 1 aliphatic heterocycles. The summed E-state index contributed by atoms with van der Waals surface area (Å²) < 4.78 is 5.33. The van der Waals surface area contributed by atoms with Crippen molar-refractivity contribution in [3.8, 4) is 5.75 Å². The van der Waals surface area contributed by atoms with Crippen molar-refractivity contribution in [1.29, 1.82) is 0 Å². The summed E-state index contributed by atoms with van der Waals surface area (Å²) in [5, 5.41) is 4.26. The molecular weight excluding hydrogens is 470 g/mol. The maximum absolute atomic E-state index is 13.1. The summed E-state index contributed by atoms with van der Waals surface area (Å²) in [6.45, 7) is 7.19. The fraction of sp³-hybridized carbons (Fsp3) is 0.367. The Kier molecular flexibility index (Phi) is 8.04. The number of amides is 1. The Hall–Kier alpha value is -2.86. The molecule has 1 amide bonds. The summed E-state index contributed by atoms with van der Waals surface area (Å²) in [5.74, 6) is 0.388. The number of methoxy groups -OCH3 is 1. The number of likely N-dealkylation sites (tertiary alicyclic amines) is 1. The lowest BCUT2D eigenvalue weighted by Gasteiger charge is -2.50. The van der Waals surface area contributed by atoms with Crippen LogP contribution in [0.4, 0.5) is 0 Å². The first-order valence-electron chi connectivity index (χ1n) is 12.5. The topological polar surface area (TPSA) is 67.6 Å². The lowest BCUT2D eigenvalue weighted by Crippen LogP contribution is -2.64. The second-order valence-electron chi connectivity index (χ2n) is 10.3. The highest BCUT2D eigenvalue weighted by Gasteiger charge is 2.44. The lowest BCUT2D eigenvalue weighted by molar-refractivity contribution is -0.122. The van der Waals surface area contributed by atoms with Gasteiger partial charge < -0.3 is 15.8 Å². The van der Waals surface area contributed by atoms with E-state index in [1.165, 1.54) is 0 Å². The minimum Gasteiger partial charge on any atom is -0.495 e. The summed E-state index contributed by atoms with van der Waals surface area (Å²) >= 11 is 6.15. The number of carbonyl (C=O) groups excluding carboxylic acids is 1. The summed E-state index contributed by atoms with van der Waals surface area (Å²) in [4.78, 5) is 15.6. The van der Waals surface area contributed by atoms with Gasteiger partial charge >= 0.3 is 0 Å². The number of hydrogen-bond acceptors (Lipinski definition) is 4. The van der Waals surface area contributed by atoms with Crippen LogP contribution in [0, 0.1) is 0 Å². The third-order valence-corrected chi connectivity index (χ3v) is 7.93. The number of nitrogens with two attached hydrogens (primary N) is 1. The number of hydrogen-bond donors (Lipinski definition) is 2. The number of rotatable bonds is 11. The summed E-state index contributed by atoms with van der Waals surface area (Å²) in [7, 11) is 1.63. The Morgan fingerprint density at radius 2 is 1.58 bits per heavy atom. The molecule has 1 aliphatic rings. The van der Waals surface area contributed by atoms with Crippen molar-refractivity contribution in [2.75, 3.05) is 20.2 Å². The molecule has 190 valence electrons. The molecule has 0 spiro atoms. The molecule has 0 aliphatic carbocycles. The molecule has 1 saturated heterocycles. The SMILES string of the molecule is COc1cc(CNC2CN(C(C)(C)CCC(C(N)=O)(c3ccccc3)c3ccccc3)C2)ccc1Cl. The monoisotopic (exact) mass is 505 g/mol. The van der Waals surface area contributed by atoms with E-state index in [2.05, 4.69) is 24.1 Å². The van der Waals surface area contributed by atoms with Gasteiger partial charge in [0.05, 0.1) is 17.5 Å². The van der Waals surface area contributed by atoms with Crippen LogP contribution in [0.5, 0.6) is 5.75 Å². The largest absolute Gasteiger partial charge is 0.495 e. The van der Waals surface area contributed by atoms with Crippen LogP contribution in [-0.2, 0) is 16.8 Å². The van der Waals surface area contributed by atoms with Gasteiger partial charge in [0.2, 0.25) is 5.91 Å². The molecule has 4 rings (SSSR count). The van der Waals surface area contributed by atoms with Crippen LogP contribution in [0.2, 0.25) is 5.02 Å². The Morgan fingerprint density at radius 1 is 1.00 bits per heavy atom. The van der Waals surface area contributed by atoms with Gasteiger partial charge in [-0.1, -0.05) is 78.3 Å². The molecule has 3 aromatic carbocycles. The van der Waals surface area contributed by atoms with E-state index in [0.29, 0.717) is 23.2 Å². The predicted molar refractivity (Wildman–Crippen MR) is 146 cm³/mol. The Bertz CT molecular complexity index is 1120. The molecule has 3 N–H and O–H groups in total. The second kappa shape index (κ2) is 11.0. The fourth-order valence-electron chi connectivity index (χ4n) is 5.14. The molecule has 3 aromatic rings. The highest BCUT2D eigenvalue weighted by atomic mass is 35.5. The first kappa shape index (κ1) is 26.2. The van der Waals surface area contributed by atoms with Crippen LogP contribution in [0.25, 0.3) is 0 Å². The molecule has 0 radical (unpaired) electrons. The van der Waals surface area contributed by atoms with Crippen LogP contribution in [0.3, 0.4) is 0 Å². The van der Waals surface area contributed by atoms with Crippen molar-refractivity contribution in [2.24, 2.45) is 5.73 Å².